The van der Waals surface area contributed by atoms with Crippen LogP contribution in [-0.4, -0.2) is 52.6 Å². The summed E-state index contributed by atoms with van der Waals surface area (Å²) in [5.74, 6) is -0.206. The van der Waals surface area contributed by atoms with Crippen molar-refractivity contribution in [1.82, 2.24) is 5.32 Å². The van der Waals surface area contributed by atoms with Crippen LogP contribution in [0.15, 0.2) is 0 Å². The zero-order chi connectivity index (χ0) is 12.2. The third-order valence-corrected chi connectivity index (χ3v) is 2.18. The number of methoxy groups -OCH3 is 2. The minimum Gasteiger partial charge on any atom is -0.468 e. The van der Waals surface area contributed by atoms with E-state index in [9.17, 15) is 4.79 Å². The Labute approximate surface area is 97.4 Å². The zero-order valence-corrected chi connectivity index (χ0v) is 10.5. The molecule has 0 rings (SSSR count). The second-order valence-corrected chi connectivity index (χ2v) is 3.40. The number of esters is 1. The predicted octanol–water partition coefficient (Wildman–Crippen LogP) is 0.581. The number of hydrogen-bond donors (Lipinski definition) is 1. The molecule has 1 N–H and O–H groups in total. The van der Waals surface area contributed by atoms with Crippen LogP contribution >= 0.6 is 0 Å². The molecule has 96 valence electrons. The fraction of sp³-hybridized carbons (Fsp3) is 0.909. The van der Waals surface area contributed by atoms with Crippen molar-refractivity contribution < 1.29 is 19.0 Å². The Morgan fingerprint density at radius 2 is 2.00 bits per heavy atom. The van der Waals surface area contributed by atoms with E-state index in [0.717, 1.165) is 19.4 Å². The van der Waals surface area contributed by atoms with Crippen molar-refractivity contribution in [3.8, 4) is 0 Å². The standard InChI is InChI=1S/C11H23NO4/c1-4-10(11(13)15-3)12-6-5-7-16-9-8-14-2/h10,12H,4-9H2,1-3H3. The van der Waals surface area contributed by atoms with Crippen molar-refractivity contribution >= 4 is 5.97 Å². The summed E-state index contributed by atoms with van der Waals surface area (Å²) in [4.78, 5) is 11.2. The van der Waals surface area contributed by atoms with E-state index in [1.165, 1.54) is 7.11 Å². The predicted molar refractivity (Wildman–Crippen MR) is 61.4 cm³/mol. The van der Waals surface area contributed by atoms with Gasteiger partial charge in [0.05, 0.1) is 20.3 Å². The fourth-order valence-corrected chi connectivity index (χ4v) is 1.23. The van der Waals surface area contributed by atoms with Crippen molar-refractivity contribution in [2.24, 2.45) is 0 Å². The van der Waals surface area contributed by atoms with Gasteiger partial charge in [-0.3, -0.25) is 4.79 Å². The second kappa shape index (κ2) is 10.9. The Morgan fingerprint density at radius 1 is 1.25 bits per heavy atom. The van der Waals surface area contributed by atoms with Gasteiger partial charge < -0.3 is 19.5 Å². The fourth-order valence-electron chi connectivity index (χ4n) is 1.23. The molecule has 0 amide bonds. The largest absolute Gasteiger partial charge is 0.468 e. The van der Waals surface area contributed by atoms with Gasteiger partial charge in [-0.25, -0.2) is 0 Å². The Bertz CT molecular complexity index is 175. The monoisotopic (exact) mass is 233 g/mol. The lowest BCUT2D eigenvalue weighted by Crippen LogP contribution is -2.37. The van der Waals surface area contributed by atoms with Crippen LogP contribution in [-0.2, 0) is 19.0 Å². The smallest absolute Gasteiger partial charge is 0.322 e. The molecule has 0 aromatic carbocycles. The maximum atomic E-state index is 11.2. The number of nitrogens with one attached hydrogen (secondary N) is 1. The van der Waals surface area contributed by atoms with Crippen molar-refractivity contribution in [2.75, 3.05) is 40.6 Å². The molecule has 0 bridgehead atoms. The van der Waals surface area contributed by atoms with E-state index in [4.69, 9.17) is 9.47 Å². The van der Waals surface area contributed by atoms with Gasteiger partial charge in [-0.05, 0) is 19.4 Å². The lowest BCUT2D eigenvalue weighted by Gasteiger charge is -2.14. The normalized spacial score (nSPS) is 12.4. The van der Waals surface area contributed by atoms with Gasteiger partial charge >= 0.3 is 5.97 Å². The quantitative estimate of drug-likeness (QED) is 0.442. The molecule has 0 fully saturated rings. The van der Waals surface area contributed by atoms with Crippen LogP contribution in [0.1, 0.15) is 19.8 Å². The van der Waals surface area contributed by atoms with Crippen LogP contribution in [0.25, 0.3) is 0 Å². The first-order valence-corrected chi connectivity index (χ1v) is 5.64. The highest BCUT2D eigenvalue weighted by molar-refractivity contribution is 5.75. The Morgan fingerprint density at radius 3 is 2.56 bits per heavy atom. The number of ether oxygens (including phenoxy) is 3. The Kier molecular flexibility index (Phi) is 10.4. The van der Waals surface area contributed by atoms with Crippen molar-refractivity contribution in [3.63, 3.8) is 0 Å². The van der Waals surface area contributed by atoms with Gasteiger partial charge in [0.1, 0.15) is 6.04 Å². The van der Waals surface area contributed by atoms with E-state index in [1.807, 2.05) is 6.92 Å². The summed E-state index contributed by atoms with van der Waals surface area (Å²) < 4.78 is 14.8. The van der Waals surface area contributed by atoms with E-state index in [2.05, 4.69) is 10.1 Å². The highest BCUT2D eigenvalue weighted by atomic mass is 16.5. The van der Waals surface area contributed by atoms with Gasteiger partial charge in [0, 0.05) is 13.7 Å². The first-order valence-electron chi connectivity index (χ1n) is 5.64. The summed E-state index contributed by atoms with van der Waals surface area (Å²) in [6.45, 7) is 4.61. The van der Waals surface area contributed by atoms with E-state index in [0.29, 0.717) is 19.8 Å². The molecule has 5 heteroatoms. The van der Waals surface area contributed by atoms with Crippen LogP contribution in [0.5, 0.6) is 0 Å². The number of carbonyl (C=O) groups is 1. The summed E-state index contributed by atoms with van der Waals surface area (Å²) in [7, 11) is 3.05. The summed E-state index contributed by atoms with van der Waals surface area (Å²) >= 11 is 0. The average molecular weight is 233 g/mol. The van der Waals surface area contributed by atoms with Gasteiger partial charge in [-0.2, -0.15) is 0 Å². The van der Waals surface area contributed by atoms with Crippen LogP contribution < -0.4 is 5.32 Å². The first kappa shape index (κ1) is 15.3. The molecule has 5 nitrogen and oxygen atoms in total. The molecule has 1 unspecified atom stereocenters. The first-order chi connectivity index (χ1) is 7.76. The van der Waals surface area contributed by atoms with E-state index < -0.39 is 0 Å². The number of rotatable bonds is 10. The molecule has 0 spiro atoms. The highest BCUT2D eigenvalue weighted by Crippen LogP contribution is 1.94. The van der Waals surface area contributed by atoms with Crippen molar-refractivity contribution in [2.45, 2.75) is 25.8 Å². The molecule has 0 aromatic rings. The molecule has 0 aromatic heterocycles. The Balaban J connectivity index is 3.38. The topological polar surface area (TPSA) is 56.8 Å². The minimum atomic E-state index is -0.206. The molecule has 0 radical (unpaired) electrons. The van der Waals surface area contributed by atoms with Crippen molar-refractivity contribution in [1.29, 1.82) is 0 Å². The highest BCUT2D eigenvalue weighted by Gasteiger charge is 2.14. The van der Waals surface area contributed by atoms with Crippen molar-refractivity contribution in [3.05, 3.63) is 0 Å². The third kappa shape index (κ3) is 7.62. The van der Waals surface area contributed by atoms with Crippen LogP contribution in [0.4, 0.5) is 0 Å². The van der Waals surface area contributed by atoms with Crippen LogP contribution in [0.2, 0.25) is 0 Å². The molecule has 0 aliphatic heterocycles. The summed E-state index contributed by atoms with van der Waals surface area (Å²) in [6, 6.07) is -0.205. The third-order valence-electron chi connectivity index (χ3n) is 2.18. The minimum absolute atomic E-state index is 0.205. The lowest BCUT2D eigenvalue weighted by atomic mass is 10.2. The molecular weight excluding hydrogens is 210 g/mol. The Hall–Kier alpha value is -0.650. The zero-order valence-electron chi connectivity index (χ0n) is 10.5. The van der Waals surface area contributed by atoms with E-state index in [1.54, 1.807) is 7.11 Å². The molecule has 0 saturated carbocycles. The van der Waals surface area contributed by atoms with Gasteiger partial charge in [-0.15, -0.1) is 0 Å². The maximum absolute atomic E-state index is 11.2. The summed E-state index contributed by atoms with van der Waals surface area (Å²) in [6.07, 6.45) is 1.61. The van der Waals surface area contributed by atoms with E-state index >= 15 is 0 Å². The van der Waals surface area contributed by atoms with Crippen LogP contribution in [0, 0.1) is 0 Å². The van der Waals surface area contributed by atoms with Gasteiger partial charge in [0.25, 0.3) is 0 Å². The maximum Gasteiger partial charge on any atom is 0.322 e. The average Bonchev–Trinajstić information content (AvgIpc) is 2.32. The summed E-state index contributed by atoms with van der Waals surface area (Å²) in [5.41, 5.74) is 0. The molecule has 0 heterocycles. The SMILES string of the molecule is CCC(NCCCOCCOC)C(=O)OC. The molecule has 0 aliphatic rings. The molecule has 16 heavy (non-hydrogen) atoms. The van der Waals surface area contributed by atoms with Gasteiger partial charge in [0.2, 0.25) is 0 Å². The summed E-state index contributed by atoms with van der Waals surface area (Å²) in [5, 5.41) is 3.13. The van der Waals surface area contributed by atoms with Crippen LogP contribution in [0.3, 0.4) is 0 Å². The molecule has 0 saturated heterocycles. The molecular formula is C11H23NO4. The molecule has 0 aliphatic carbocycles. The second-order valence-electron chi connectivity index (χ2n) is 3.40. The van der Waals surface area contributed by atoms with Gasteiger partial charge in [-0.1, -0.05) is 6.92 Å². The lowest BCUT2D eigenvalue weighted by molar-refractivity contribution is -0.143. The van der Waals surface area contributed by atoms with E-state index in [-0.39, 0.29) is 12.0 Å². The number of carbonyl (C=O) groups excluding carboxylic acids is 1. The van der Waals surface area contributed by atoms with Gasteiger partial charge in [0.15, 0.2) is 0 Å². The number of hydrogen-bond acceptors (Lipinski definition) is 5. The molecule has 1 atom stereocenters.